The molecule has 0 spiro atoms. The summed E-state index contributed by atoms with van der Waals surface area (Å²) in [4.78, 5) is 4.40. The van der Waals surface area contributed by atoms with Crippen LogP contribution in [0.3, 0.4) is 0 Å². The van der Waals surface area contributed by atoms with E-state index in [4.69, 9.17) is 0 Å². The highest BCUT2D eigenvalue weighted by atomic mass is 79.9. The molecule has 1 aromatic rings. The highest BCUT2D eigenvalue weighted by Gasteiger charge is 2.07. The first kappa shape index (κ1) is 10.6. The van der Waals surface area contributed by atoms with Crippen molar-refractivity contribution >= 4 is 43.8 Å². The average Bonchev–Trinajstić information content (AvgIpc) is 2.70. The van der Waals surface area contributed by atoms with Crippen molar-refractivity contribution < 1.29 is 0 Å². The van der Waals surface area contributed by atoms with E-state index in [0.29, 0.717) is 0 Å². The van der Waals surface area contributed by atoms with E-state index in [9.17, 15) is 0 Å². The Labute approximate surface area is 101 Å². The van der Waals surface area contributed by atoms with Crippen molar-refractivity contribution in [1.29, 1.82) is 0 Å². The summed E-state index contributed by atoms with van der Waals surface area (Å²) in [6.45, 7) is 0.993. The van der Waals surface area contributed by atoms with Gasteiger partial charge in [0.05, 0.1) is 6.54 Å². The molecule has 74 valence electrons. The largest absolute Gasteiger partial charge is 0.271 e. The van der Waals surface area contributed by atoms with E-state index in [0.717, 1.165) is 22.5 Å². The molecule has 1 heterocycles. The number of halogens is 1. The topological polar surface area (TPSA) is 12.4 Å². The molecule has 4 heteroatoms. The summed E-state index contributed by atoms with van der Waals surface area (Å²) in [6, 6.07) is 8.47. The summed E-state index contributed by atoms with van der Waals surface area (Å²) in [5.41, 5.74) is 1.36. The molecular weight excluding hydrogens is 278 g/mol. The third kappa shape index (κ3) is 3.04. The summed E-state index contributed by atoms with van der Waals surface area (Å²) in [5.74, 6) is 2.18. The van der Waals surface area contributed by atoms with E-state index in [1.165, 1.54) is 9.94 Å². The second-order valence-electron chi connectivity index (χ2n) is 2.91. The van der Waals surface area contributed by atoms with Crippen LogP contribution in [0.5, 0.6) is 0 Å². The zero-order chi connectivity index (χ0) is 9.80. The molecule has 1 nitrogen and oxygen atoms in total. The lowest BCUT2D eigenvalue weighted by atomic mass is 10.2. The first-order valence-electron chi connectivity index (χ1n) is 4.39. The maximum Gasteiger partial charge on any atom is 0.124 e. The second-order valence-corrected chi connectivity index (χ2v) is 6.13. The minimum absolute atomic E-state index is 0.993. The molecule has 1 aliphatic rings. The number of hydrogen-bond acceptors (Lipinski definition) is 3. The van der Waals surface area contributed by atoms with Crippen LogP contribution < -0.4 is 0 Å². The minimum Gasteiger partial charge on any atom is -0.271 e. The van der Waals surface area contributed by atoms with Crippen molar-refractivity contribution in [2.45, 2.75) is 5.75 Å². The van der Waals surface area contributed by atoms with Crippen LogP contribution in [0.4, 0.5) is 0 Å². The Morgan fingerprint density at radius 1 is 1.36 bits per heavy atom. The lowest BCUT2D eigenvalue weighted by Gasteiger charge is -2.00. The summed E-state index contributed by atoms with van der Waals surface area (Å²) < 4.78 is 2.38. The van der Waals surface area contributed by atoms with Gasteiger partial charge in [0.1, 0.15) is 4.38 Å². The van der Waals surface area contributed by atoms with Crippen LogP contribution in [-0.2, 0) is 5.75 Å². The van der Waals surface area contributed by atoms with Gasteiger partial charge in [-0.3, -0.25) is 4.99 Å². The molecule has 0 bridgehead atoms. The van der Waals surface area contributed by atoms with Gasteiger partial charge >= 0.3 is 0 Å². The van der Waals surface area contributed by atoms with Gasteiger partial charge in [0.15, 0.2) is 0 Å². The van der Waals surface area contributed by atoms with E-state index in [1.54, 1.807) is 0 Å². The standard InChI is InChI=1S/C10H10BrNS2/c11-9-3-1-8(2-4-9)7-14-10-12-5-6-13-10/h1-4H,5-7H2. The fourth-order valence-corrected chi connectivity index (χ4v) is 3.36. The van der Waals surface area contributed by atoms with E-state index in [2.05, 4.69) is 45.2 Å². The van der Waals surface area contributed by atoms with Crippen molar-refractivity contribution in [1.82, 2.24) is 0 Å². The van der Waals surface area contributed by atoms with Crippen molar-refractivity contribution in [2.24, 2.45) is 4.99 Å². The quantitative estimate of drug-likeness (QED) is 0.821. The Morgan fingerprint density at radius 3 is 2.79 bits per heavy atom. The first-order chi connectivity index (χ1) is 6.84. The third-order valence-corrected chi connectivity index (χ3v) is 4.69. The van der Waals surface area contributed by atoms with Crippen LogP contribution in [0, 0.1) is 0 Å². The van der Waals surface area contributed by atoms with Crippen molar-refractivity contribution in [3.8, 4) is 0 Å². The molecule has 0 aromatic heterocycles. The van der Waals surface area contributed by atoms with Gasteiger partial charge in [-0.25, -0.2) is 0 Å². The molecule has 1 aromatic carbocycles. The first-order valence-corrected chi connectivity index (χ1v) is 7.15. The Kier molecular flexibility index (Phi) is 3.96. The van der Waals surface area contributed by atoms with Gasteiger partial charge in [0, 0.05) is 16.0 Å². The van der Waals surface area contributed by atoms with Crippen molar-refractivity contribution in [3.63, 3.8) is 0 Å². The third-order valence-electron chi connectivity index (χ3n) is 1.83. The van der Waals surface area contributed by atoms with Gasteiger partial charge in [0.25, 0.3) is 0 Å². The molecule has 0 radical (unpaired) electrons. The minimum atomic E-state index is 0.993. The molecule has 0 saturated carbocycles. The Hall–Kier alpha value is 0.0700. The van der Waals surface area contributed by atoms with Gasteiger partial charge in [0.2, 0.25) is 0 Å². The fraction of sp³-hybridized carbons (Fsp3) is 0.300. The Morgan fingerprint density at radius 2 is 2.14 bits per heavy atom. The van der Waals surface area contributed by atoms with Crippen LogP contribution >= 0.6 is 39.5 Å². The van der Waals surface area contributed by atoms with Crippen LogP contribution in [0.1, 0.15) is 5.56 Å². The highest BCUT2D eigenvalue weighted by molar-refractivity contribution is 9.10. The van der Waals surface area contributed by atoms with E-state index in [1.807, 2.05) is 23.5 Å². The zero-order valence-corrected chi connectivity index (χ0v) is 10.8. The molecule has 0 fully saturated rings. The lowest BCUT2D eigenvalue weighted by molar-refractivity contribution is 1.18. The van der Waals surface area contributed by atoms with Gasteiger partial charge in [-0.15, -0.1) is 0 Å². The number of thioether (sulfide) groups is 2. The molecule has 0 atom stereocenters. The predicted octanol–water partition coefficient (Wildman–Crippen LogP) is 3.79. The molecular formula is C10H10BrNS2. The molecule has 0 aliphatic carbocycles. The number of aliphatic imine (C=N–C) groups is 1. The monoisotopic (exact) mass is 287 g/mol. The summed E-state index contributed by atoms with van der Waals surface area (Å²) in [7, 11) is 0. The molecule has 0 amide bonds. The zero-order valence-electron chi connectivity index (χ0n) is 7.57. The highest BCUT2D eigenvalue weighted by Crippen LogP contribution is 2.25. The van der Waals surface area contributed by atoms with Crippen LogP contribution in [0.25, 0.3) is 0 Å². The van der Waals surface area contributed by atoms with E-state index < -0.39 is 0 Å². The van der Waals surface area contributed by atoms with E-state index >= 15 is 0 Å². The Balaban J connectivity index is 1.88. The second kappa shape index (κ2) is 5.24. The van der Waals surface area contributed by atoms with Gasteiger partial charge in [-0.05, 0) is 17.7 Å². The van der Waals surface area contributed by atoms with Crippen LogP contribution in [0.2, 0.25) is 0 Å². The van der Waals surface area contributed by atoms with Crippen LogP contribution in [0.15, 0.2) is 33.7 Å². The van der Waals surface area contributed by atoms with Crippen molar-refractivity contribution in [3.05, 3.63) is 34.3 Å². The average molecular weight is 288 g/mol. The van der Waals surface area contributed by atoms with Crippen LogP contribution in [-0.4, -0.2) is 16.7 Å². The molecule has 0 unspecified atom stereocenters. The maximum absolute atomic E-state index is 4.40. The molecule has 2 rings (SSSR count). The SMILES string of the molecule is Brc1ccc(CSC2=NCCS2)cc1. The van der Waals surface area contributed by atoms with E-state index in [-0.39, 0.29) is 0 Å². The number of nitrogens with zero attached hydrogens (tertiary/aromatic N) is 1. The predicted molar refractivity (Wildman–Crippen MR) is 70.2 cm³/mol. The summed E-state index contributed by atoms with van der Waals surface area (Å²) in [5, 5.41) is 0. The molecule has 1 aliphatic heterocycles. The summed E-state index contributed by atoms with van der Waals surface area (Å²) in [6.07, 6.45) is 0. The van der Waals surface area contributed by atoms with Gasteiger partial charge in [-0.2, -0.15) is 0 Å². The maximum atomic E-state index is 4.40. The smallest absolute Gasteiger partial charge is 0.124 e. The Bertz CT molecular complexity index is 334. The van der Waals surface area contributed by atoms with Gasteiger partial charge < -0.3 is 0 Å². The number of hydrogen-bond donors (Lipinski definition) is 0. The molecule has 0 N–H and O–H groups in total. The van der Waals surface area contributed by atoms with Gasteiger partial charge in [-0.1, -0.05) is 51.6 Å². The van der Waals surface area contributed by atoms with Crippen molar-refractivity contribution in [2.75, 3.05) is 12.3 Å². The normalized spacial score (nSPS) is 15.6. The molecule has 0 saturated heterocycles. The molecule has 14 heavy (non-hydrogen) atoms. The number of rotatable bonds is 2. The number of benzene rings is 1. The summed E-state index contributed by atoms with van der Waals surface area (Å²) >= 11 is 7.14. The lowest BCUT2D eigenvalue weighted by Crippen LogP contribution is -1.84. The fourth-order valence-electron chi connectivity index (χ4n) is 1.13.